The van der Waals surface area contributed by atoms with Crippen molar-refractivity contribution >= 4 is 5.91 Å². The maximum absolute atomic E-state index is 13.0. The summed E-state index contributed by atoms with van der Waals surface area (Å²) in [4.78, 5) is 19.8. The van der Waals surface area contributed by atoms with Gasteiger partial charge in [0, 0.05) is 51.5 Å². The van der Waals surface area contributed by atoms with Crippen molar-refractivity contribution in [3.05, 3.63) is 0 Å². The number of hydrogen-bond donors (Lipinski definition) is 1. The first-order valence-corrected chi connectivity index (χ1v) is 9.18. The highest BCUT2D eigenvalue weighted by molar-refractivity contribution is 5.82. The van der Waals surface area contributed by atoms with Gasteiger partial charge in [0.15, 0.2) is 0 Å². The molecule has 3 heterocycles. The highest BCUT2D eigenvalue weighted by Crippen LogP contribution is 2.27. The van der Waals surface area contributed by atoms with Gasteiger partial charge in [-0.1, -0.05) is 0 Å². The molecule has 2 atom stereocenters. The number of aliphatic hydroxyl groups excluding tert-OH is 1. The second-order valence-electron chi connectivity index (χ2n) is 7.13. The first-order chi connectivity index (χ1) is 11.2. The van der Waals surface area contributed by atoms with E-state index < -0.39 is 0 Å². The van der Waals surface area contributed by atoms with Crippen LogP contribution in [-0.2, 0) is 9.53 Å². The molecule has 0 aromatic rings. The Kier molecular flexibility index (Phi) is 5.91. The van der Waals surface area contributed by atoms with E-state index in [1.165, 1.54) is 0 Å². The molecule has 132 valence electrons. The van der Waals surface area contributed by atoms with Gasteiger partial charge >= 0.3 is 0 Å². The summed E-state index contributed by atoms with van der Waals surface area (Å²) >= 11 is 0. The number of nitrogens with zero attached hydrogens (tertiary/aromatic N) is 3. The van der Waals surface area contributed by atoms with Crippen LogP contribution in [0.3, 0.4) is 0 Å². The number of carbonyl (C=O) groups is 1. The molecule has 3 aliphatic rings. The van der Waals surface area contributed by atoms with Gasteiger partial charge < -0.3 is 14.7 Å². The molecule has 0 spiro atoms. The van der Waals surface area contributed by atoms with Gasteiger partial charge in [-0.05, 0) is 39.2 Å². The topological polar surface area (TPSA) is 56.2 Å². The Hall–Kier alpha value is -0.690. The molecule has 6 nitrogen and oxygen atoms in total. The average molecular weight is 325 g/mol. The Morgan fingerprint density at radius 2 is 1.96 bits per heavy atom. The summed E-state index contributed by atoms with van der Waals surface area (Å²) in [6, 6.07) is 0.931. The summed E-state index contributed by atoms with van der Waals surface area (Å²) in [7, 11) is 0. The van der Waals surface area contributed by atoms with Gasteiger partial charge in [-0.15, -0.1) is 0 Å². The number of aliphatic hydroxyl groups is 1. The third-order valence-corrected chi connectivity index (χ3v) is 5.70. The summed E-state index contributed by atoms with van der Waals surface area (Å²) in [5.41, 5.74) is 0. The van der Waals surface area contributed by atoms with Gasteiger partial charge in [0.2, 0.25) is 5.91 Å². The number of ether oxygens (including phenoxy) is 1. The first-order valence-electron chi connectivity index (χ1n) is 9.18. The summed E-state index contributed by atoms with van der Waals surface area (Å²) < 4.78 is 5.47. The van der Waals surface area contributed by atoms with Crippen molar-refractivity contribution in [3.8, 4) is 0 Å². The van der Waals surface area contributed by atoms with E-state index in [9.17, 15) is 4.79 Å². The van der Waals surface area contributed by atoms with E-state index in [2.05, 4.69) is 21.6 Å². The van der Waals surface area contributed by atoms with Crippen molar-refractivity contribution in [1.82, 2.24) is 14.7 Å². The number of amides is 1. The van der Waals surface area contributed by atoms with Crippen LogP contribution in [0.2, 0.25) is 0 Å². The molecule has 0 aliphatic carbocycles. The van der Waals surface area contributed by atoms with Gasteiger partial charge in [-0.25, -0.2) is 0 Å². The lowest BCUT2D eigenvalue weighted by atomic mass is 10.0. The van der Waals surface area contributed by atoms with Gasteiger partial charge in [0.1, 0.15) is 0 Å². The van der Waals surface area contributed by atoms with Crippen LogP contribution < -0.4 is 0 Å². The Morgan fingerprint density at radius 1 is 1.17 bits per heavy atom. The van der Waals surface area contributed by atoms with Gasteiger partial charge in [0.05, 0.1) is 12.6 Å². The molecule has 3 saturated heterocycles. The highest BCUT2D eigenvalue weighted by Gasteiger charge is 2.39. The Morgan fingerprint density at radius 3 is 2.65 bits per heavy atom. The van der Waals surface area contributed by atoms with Gasteiger partial charge in [-0.3, -0.25) is 14.6 Å². The zero-order chi connectivity index (χ0) is 16.2. The van der Waals surface area contributed by atoms with E-state index in [0.29, 0.717) is 24.5 Å². The molecule has 3 aliphatic heterocycles. The van der Waals surface area contributed by atoms with Crippen molar-refractivity contribution in [2.45, 2.75) is 50.7 Å². The van der Waals surface area contributed by atoms with Gasteiger partial charge in [-0.2, -0.15) is 0 Å². The Bertz CT molecular complexity index is 401. The van der Waals surface area contributed by atoms with Gasteiger partial charge in [0.25, 0.3) is 0 Å². The molecule has 3 rings (SSSR count). The fourth-order valence-corrected chi connectivity index (χ4v) is 4.37. The smallest absolute Gasteiger partial charge is 0.240 e. The molecule has 0 aromatic heterocycles. The van der Waals surface area contributed by atoms with Crippen LogP contribution in [0.15, 0.2) is 0 Å². The van der Waals surface area contributed by atoms with Crippen molar-refractivity contribution in [3.63, 3.8) is 0 Å². The van der Waals surface area contributed by atoms with E-state index in [1.54, 1.807) is 0 Å². The maximum Gasteiger partial charge on any atom is 0.240 e. The molecule has 23 heavy (non-hydrogen) atoms. The number of likely N-dealkylation sites (tertiary alicyclic amines) is 1. The minimum atomic E-state index is 0.0784. The summed E-state index contributed by atoms with van der Waals surface area (Å²) in [5.74, 6) is 0.324. The highest BCUT2D eigenvalue weighted by atomic mass is 16.5. The van der Waals surface area contributed by atoms with Crippen LogP contribution in [0, 0.1) is 0 Å². The lowest BCUT2D eigenvalue weighted by Crippen LogP contribution is -2.58. The second-order valence-corrected chi connectivity index (χ2v) is 7.13. The Balaban J connectivity index is 1.58. The normalized spacial score (nSPS) is 31.7. The molecule has 0 aromatic carbocycles. The zero-order valence-electron chi connectivity index (χ0n) is 14.3. The predicted molar refractivity (Wildman–Crippen MR) is 88.3 cm³/mol. The molecular formula is C17H31N3O3. The predicted octanol–water partition coefficient (Wildman–Crippen LogP) is 0.155. The van der Waals surface area contributed by atoms with Crippen molar-refractivity contribution in [1.29, 1.82) is 0 Å². The number of piperazine rings is 1. The summed E-state index contributed by atoms with van der Waals surface area (Å²) in [6.45, 7) is 8.23. The first kappa shape index (κ1) is 17.1. The lowest BCUT2D eigenvalue weighted by Gasteiger charge is -2.42. The monoisotopic (exact) mass is 325 g/mol. The van der Waals surface area contributed by atoms with Crippen molar-refractivity contribution in [2.24, 2.45) is 0 Å². The molecule has 3 fully saturated rings. The summed E-state index contributed by atoms with van der Waals surface area (Å²) in [6.07, 6.45) is 4.25. The zero-order valence-corrected chi connectivity index (χ0v) is 14.3. The van der Waals surface area contributed by atoms with E-state index in [1.807, 2.05) is 0 Å². The van der Waals surface area contributed by atoms with E-state index in [-0.39, 0.29) is 12.6 Å². The molecular weight excluding hydrogens is 294 g/mol. The fourth-order valence-electron chi connectivity index (χ4n) is 4.37. The van der Waals surface area contributed by atoms with E-state index >= 15 is 0 Å². The minimum Gasteiger partial charge on any atom is -0.395 e. The van der Waals surface area contributed by atoms with Crippen LogP contribution in [0.5, 0.6) is 0 Å². The third kappa shape index (κ3) is 3.87. The molecule has 6 heteroatoms. The van der Waals surface area contributed by atoms with Crippen molar-refractivity contribution < 1.29 is 14.6 Å². The number of rotatable bonds is 4. The number of β-amino-alcohol motifs (C(OH)–C–C–N with tert-alkyl or cyclic N) is 1. The quantitative estimate of drug-likeness (QED) is 0.798. The van der Waals surface area contributed by atoms with Crippen LogP contribution >= 0.6 is 0 Å². The summed E-state index contributed by atoms with van der Waals surface area (Å²) in [5, 5.41) is 9.12. The fraction of sp³-hybridized carbons (Fsp3) is 0.941. The molecule has 0 saturated carbocycles. The maximum atomic E-state index is 13.0. The Labute approximate surface area is 139 Å². The molecule has 1 N–H and O–H groups in total. The van der Waals surface area contributed by atoms with Crippen molar-refractivity contribution in [2.75, 3.05) is 52.5 Å². The van der Waals surface area contributed by atoms with Crippen LogP contribution in [0.4, 0.5) is 0 Å². The van der Waals surface area contributed by atoms with Crippen LogP contribution in [0.25, 0.3) is 0 Å². The number of hydrogen-bond acceptors (Lipinski definition) is 5. The minimum absolute atomic E-state index is 0.0784. The lowest BCUT2D eigenvalue weighted by molar-refractivity contribution is -0.140. The standard InChI is InChI=1S/C17H31N3O3/c1-14-13-19(8-7-18(14)9-10-21)17(22)16-3-2-6-20(16)15-4-11-23-12-5-15/h14-16,21H,2-13H2,1H3/t14-,16+/m0/s1. The van der Waals surface area contributed by atoms with Crippen LogP contribution in [-0.4, -0.2) is 96.4 Å². The largest absolute Gasteiger partial charge is 0.395 e. The molecule has 0 bridgehead atoms. The second kappa shape index (κ2) is 7.92. The van der Waals surface area contributed by atoms with E-state index in [0.717, 1.165) is 65.1 Å². The molecule has 1 amide bonds. The SMILES string of the molecule is C[C@H]1CN(C(=O)[C@H]2CCCN2C2CCOCC2)CCN1CCO. The molecule has 0 unspecified atom stereocenters. The number of carbonyl (C=O) groups excluding carboxylic acids is 1. The van der Waals surface area contributed by atoms with Crippen LogP contribution in [0.1, 0.15) is 32.6 Å². The third-order valence-electron chi connectivity index (χ3n) is 5.70. The average Bonchev–Trinajstić information content (AvgIpc) is 3.06. The van der Waals surface area contributed by atoms with E-state index in [4.69, 9.17) is 9.84 Å². The molecule has 0 radical (unpaired) electrons.